The van der Waals surface area contributed by atoms with E-state index < -0.39 is 43.4 Å². The lowest BCUT2D eigenvalue weighted by Gasteiger charge is -2.47. The molecule has 1 fully saturated rings. The van der Waals surface area contributed by atoms with E-state index >= 15 is 0 Å². The molecule has 5 atom stereocenters. The number of nitrogens with one attached hydrogen (secondary N) is 1. The molecule has 3 aromatic rings. The van der Waals surface area contributed by atoms with Gasteiger partial charge < -0.3 is 44.7 Å². The number of amides is 1. The van der Waals surface area contributed by atoms with Crippen LogP contribution in [-0.4, -0.2) is 90.0 Å². The van der Waals surface area contributed by atoms with Crippen LogP contribution in [0.3, 0.4) is 0 Å². The smallest absolute Gasteiger partial charge is 0.251 e. The van der Waals surface area contributed by atoms with Gasteiger partial charge in [0.05, 0.1) is 33.0 Å². The lowest BCUT2D eigenvalue weighted by atomic mass is 9.87. The number of carbonyl (C=O) groups is 1. The largest absolute Gasteiger partial charge is 0.461 e. The molecule has 10 heteroatoms. The highest BCUT2D eigenvalue weighted by atomic mass is 16.7. The van der Waals surface area contributed by atoms with Crippen molar-refractivity contribution in [2.45, 2.75) is 43.7 Å². The molecule has 1 saturated heterocycles. The Bertz CT molecular complexity index is 1290. The van der Waals surface area contributed by atoms with Crippen LogP contribution in [-0.2, 0) is 20.8 Å². The zero-order valence-corrected chi connectivity index (χ0v) is 23.1. The fraction of sp³-hybridized carbons (Fsp3) is 0.387. The number of ether oxygens (including phenoxy) is 4. The molecule has 0 saturated carbocycles. The second kappa shape index (κ2) is 14.0. The molecule has 3 aromatic carbocycles. The lowest BCUT2D eigenvalue weighted by molar-refractivity contribution is -0.330. The monoisotopic (exact) mass is 567 g/mol. The van der Waals surface area contributed by atoms with Gasteiger partial charge >= 0.3 is 0 Å². The first-order valence-corrected chi connectivity index (χ1v) is 13.4. The Kier molecular flexibility index (Phi) is 10.5. The van der Waals surface area contributed by atoms with E-state index in [9.17, 15) is 25.2 Å². The molecule has 0 radical (unpaired) electrons. The first-order chi connectivity index (χ1) is 19.8. The molecule has 1 amide bonds. The van der Waals surface area contributed by atoms with Gasteiger partial charge in [0.2, 0.25) is 6.29 Å². The Morgan fingerprint density at radius 3 is 2.41 bits per heavy atom. The predicted octanol–water partition coefficient (Wildman–Crippen LogP) is 1.80. The van der Waals surface area contributed by atoms with E-state index in [1.807, 2.05) is 42.5 Å². The van der Waals surface area contributed by atoms with Gasteiger partial charge in [0.25, 0.3) is 5.91 Å². The van der Waals surface area contributed by atoms with Crippen LogP contribution in [0, 0.1) is 6.92 Å². The predicted molar refractivity (Wildman–Crippen MR) is 150 cm³/mol. The third-order valence-electron chi connectivity index (χ3n) is 7.01. The van der Waals surface area contributed by atoms with E-state index in [1.54, 1.807) is 44.3 Å². The number of aryl methyl sites for hydroxylation is 1. The average Bonchev–Trinajstić information content (AvgIpc) is 3.00. The summed E-state index contributed by atoms with van der Waals surface area (Å²) in [6.45, 7) is 1.52. The van der Waals surface area contributed by atoms with Gasteiger partial charge in [-0.3, -0.25) is 4.79 Å². The summed E-state index contributed by atoms with van der Waals surface area (Å²) < 4.78 is 23.0. The molecule has 10 nitrogen and oxygen atoms in total. The van der Waals surface area contributed by atoms with E-state index in [0.717, 1.165) is 16.7 Å². The molecular weight excluding hydrogens is 530 g/mol. The summed E-state index contributed by atoms with van der Waals surface area (Å²) in [5.74, 6) is 0.160. The van der Waals surface area contributed by atoms with Gasteiger partial charge in [-0.05, 0) is 53.4 Å². The maximum atomic E-state index is 12.0. The van der Waals surface area contributed by atoms with Gasteiger partial charge in [0, 0.05) is 12.6 Å². The first kappa shape index (κ1) is 30.6. The fourth-order valence-corrected chi connectivity index (χ4v) is 4.61. The van der Waals surface area contributed by atoms with Crippen LogP contribution in [0.2, 0.25) is 0 Å². The second-order valence-electron chi connectivity index (χ2n) is 9.96. The fourth-order valence-electron chi connectivity index (χ4n) is 4.61. The molecule has 0 aromatic heterocycles. The summed E-state index contributed by atoms with van der Waals surface area (Å²) >= 11 is 0. The minimum atomic E-state index is -2.16. The van der Waals surface area contributed by atoms with Crippen molar-refractivity contribution in [2.24, 2.45) is 0 Å². The number of benzene rings is 3. The van der Waals surface area contributed by atoms with Crippen LogP contribution in [0.4, 0.5) is 0 Å². The molecule has 1 aliphatic heterocycles. The first-order valence-electron chi connectivity index (χ1n) is 13.4. The van der Waals surface area contributed by atoms with Crippen LogP contribution in [0.1, 0.15) is 21.5 Å². The van der Waals surface area contributed by atoms with Crippen molar-refractivity contribution < 1.29 is 44.2 Å². The van der Waals surface area contributed by atoms with E-state index in [0.29, 0.717) is 23.5 Å². The second-order valence-corrected chi connectivity index (χ2v) is 9.96. The molecule has 0 spiro atoms. The molecule has 3 unspecified atom stereocenters. The Hall–Kier alpha value is -3.35. The van der Waals surface area contributed by atoms with Crippen molar-refractivity contribution in [1.82, 2.24) is 5.32 Å². The number of hydrogen-bond acceptors (Lipinski definition) is 9. The molecule has 4 rings (SSSR count). The highest BCUT2D eigenvalue weighted by molar-refractivity contribution is 5.95. The van der Waals surface area contributed by atoms with Crippen molar-refractivity contribution in [2.75, 3.05) is 33.5 Å². The Morgan fingerprint density at radius 1 is 0.976 bits per heavy atom. The molecule has 41 heavy (non-hydrogen) atoms. The van der Waals surface area contributed by atoms with Crippen LogP contribution in [0.15, 0.2) is 72.8 Å². The molecule has 1 heterocycles. The number of rotatable bonds is 12. The Morgan fingerprint density at radius 2 is 1.71 bits per heavy atom. The van der Waals surface area contributed by atoms with Crippen molar-refractivity contribution in [3.8, 4) is 16.9 Å². The number of carbonyl (C=O) groups excluding carboxylic acids is 1. The van der Waals surface area contributed by atoms with Crippen LogP contribution < -0.4 is 10.1 Å². The summed E-state index contributed by atoms with van der Waals surface area (Å²) in [7, 11) is 1.57. The standard InChI is InChI=1S/C31H37NO9/c1-20-15-23(22-9-6-10-24(16-22)29(36)32-2)11-12-25(20)40-30-31(37,28(35)27(34)26(17-33)41-30)19-39-14-13-38-18-21-7-4-3-5-8-21/h3-12,15-16,26-28,30,33-35,37H,13-14,17-19H2,1-2H3,(H,32,36)/t26?,27-,28?,30+,31?/m1/s1. The van der Waals surface area contributed by atoms with Gasteiger partial charge in [0.15, 0.2) is 5.60 Å². The maximum absolute atomic E-state index is 12.0. The van der Waals surface area contributed by atoms with Gasteiger partial charge in [0.1, 0.15) is 24.1 Å². The maximum Gasteiger partial charge on any atom is 0.251 e. The van der Waals surface area contributed by atoms with E-state index in [1.165, 1.54) is 0 Å². The quantitative estimate of drug-likeness (QED) is 0.207. The van der Waals surface area contributed by atoms with Gasteiger partial charge in [-0.2, -0.15) is 0 Å². The normalized spacial score (nSPS) is 24.1. The third-order valence-corrected chi connectivity index (χ3v) is 7.01. The number of hydrogen-bond donors (Lipinski definition) is 5. The molecule has 5 N–H and O–H groups in total. The summed E-state index contributed by atoms with van der Waals surface area (Å²) in [6, 6.07) is 22.2. The minimum absolute atomic E-state index is 0.108. The lowest BCUT2D eigenvalue weighted by Crippen LogP contribution is -2.69. The molecule has 1 aliphatic rings. The summed E-state index contributed by atoms with van der Waals surface area (Å²) in [5.41, 5.74) is 1.73. The zero-order chi connectivity index (χ0) is 29.4. The van der Waals surface area contributed by atoms with E-state index in [2.05, 4.69) is 5.32 Å². The highest BCUT2D eigenvalue weighted by Crippen LogP contribution is 2.34. The molecular formula is C31H37NO9. The van der Waals surface area contributed by atoms with Crippen LogP contribution in [0.25, 0.3) is 11.1 Å². The van der Waals surface area contributed by atoms with Gasteiger partial charge in [-0.1, -0.05) is 48.5 Å². The van der Waals surface area contributed by atoms with Crippen LogP contribution >= 0.6 is 0 Å². The Labute approximate surface area is 239 Å². The van der Waals surface area contributed by atoms with Crippen LogP contribution in [0.5, 0.6) is 5.75 Å². The summed E-state index contributed by atoms with van der Waals surface area (Å²) in [4.78, 5) is 12.0. The number of aliphatic hydroxyl groups is 4. The SMILES string of the molecule is CNC(=O)c1cccc(-c2ccc(O[C@H]3OC(CO)[C@@H](O)C(O)C3(O)COCCOCc3ccccc3)c(C)c2)c1. The van der Waals surface area contributed by atoms with Crippen molar-refractivity contribution >= 4 is 5.91 Å². The van der Waals surface area contributed by atoms with E-state index in [-0.39, 0.29) is 19.1 Å². The van der Waals surface area contributed by atoms with Gasteiger partial charge in [-0.15, -0.1) is 0 Å². The Balaban J connectivity index is 1.45. The van der Waals surface area contributed by atoms with Crippen molar-refractivity contribution in [3.05, 3.63) is 89.5 Å². The topological polar surface area (TPSA) is 147 Å². The summed E-state index contributed by atoms with van der Waals surface area (Å²) in [5, 5.41) is 45.1. The average molecular weight is 568 g/mol. The third kappa shape index (κ3) is 7.30. The molecule has 0 bridgehead atoms. The number of aliphatic hydroxyl groups excluding tert-OH is 3. The molecule has 220 valence electrons. The molecule has 0 aliphatic carbocycles. The minimum Gasteiger partial charge on any atom is -0.461 e. The zero-order valence-electron chi connectivity index (χ0n) is 23.1. The summed E-state index contributed by atoms with van der Waals surface area (Å²) in [6.07, 6.45) is -5.95. The van der Waals surface area contributed by atoms with E-state index in [4.69, 9.17) is 18.9 Å². The van der Waals surface area contributed by atoms with Crippen molar-refractivity contribution in [3.63, 3.8) is 0 Å². The van der Waals surface area contributed by atoms with Gasteiger partial charge in [-0.25, -0.2) is 0 Å². The van der Waals surface area contributed by atoms with Crippen molar-refractivity contribution in [1.29, 1.82) is 0 Å². The highest BCUT2D eigenvalue weighted by Gasteiger charge is 2.56.